The van der Waals surface area contributed by atoms with Gasteiger partial charge < -0.3 is 10.4 Å². The van der Waals surface area contributed by atoms with Gasteiger partial charge in [-0.05, 0) is 11.6 Å². The third kappa shape index (κ3) is 1.71. The van der Waals surface area contributed by atoms with Crippen LogP contribution in [0.4, 0.5) is 0 Å². The molecule has 1 aromatic rings. The molecule has 13 heavy (non-hydrogen) atoms. The first kappa shape index (κ1) is 8.66. The Labute approximate surface area is 77.8 Å². The van der Waals surface area contributed by atoms with Crippen molar-refractivity contribution in [2.24, 2.45) is 5.92 Å². The normalized spacial score (nSPS) is 27.8. The van der Waals surface area contributed by atoms with Crippen LogP contribution in [0.5, 0.6) is 0 Å². The first-order valence-electron chi connectivity index (χ1n) is 4.63. The van der Waals surface area contributed by atoms with Crippen LogP contribution in [0.1, 0.15) is 11.5 Å². The van der Waals surface area contributed by atoms with Crippen LogP contribution in [-0.2, 0) is 0 Å². The standard InChI is InChI=1S/C10H14N2O/c13-7-9-5-12-6-10(9)8-2-1-3-11-4-8/h1-4,9-10,12-13H,5-7H2/t9-,10+/m1/s1. The predicted molar refractivity (Wildman–Crippen MR) is 50.4 cm³/mol. The van der Waals surface area contributed by atoms with E-state index in [2.05, 4.69) is 16.4 Å². The largest absolute Gasteiger partial charge is 0.396 e. The number of aromatic nitrogens is 1. The maximum Gasteiger partial charge on any atom is 0.0477 e. The Morgan fingerprint density at radius 3 is 3.15 bits per heavy atom. The van der Waals surface area contributed by atoms with Gasteiger partial charge in [0, 0.05) is 43.9 Å². The Morgan fingerprint density at radius 1 is 1.54 bits per heavy atom. The number of rotatable bonds is 2. The van der Waals surface area contributed by atoms with E-state index in [-0.39, 0.29) is 6.61 Å². The molecule has 0 radical (unpaired) electrons. The topological polar surface area (TPSA) is 45.1 Å². The zero-order valence-corrected chi connectivity index (χ0v) is 7.48. The Bertz CT molecular complexity index is 263. The third-order valence-electron chi connectivity index (χ3n) is 2.69. The van der Waals surface area contributed by atoms with Crippen LogP contribution in [0.15, 0.2) is 24.5 Å². The molecule has 0 aliphatic carbocycles. The van der Waals surface area contributed by atoms with Crippen LogP contribution in [0.3, 0.4) is 0 Å². The molecular formula is C10H14N2O. The molecule has 0 aromatic carbocycles. The number of nitrogens with zero attached hydrogens (tertiary/aromatic N) is 1. The highest BCUT2D eigenvalue weighted by atomic mass is 16.3. The second kappa shape index (κ2) is 3.85. The molecule has 0 unspecified atom stereocenters. The van der Waals surface area contributed by atoms with Crippen molar-refractivity contribution in [3.05, 3.63) is 30.1 Å². The fourth-order valence-corrected chi connectivity index (χ4v) is 1.91. The van der Waals surface area contributed by atoms with Gasteiger partial charge in [0.25, 0.3) is 0 Å². The molecule has 0 amide bonds. The summed E-state index contributed by atoms with van der Waals surface area (Å²) in [6.45, 7) is 2.12. The monoisotopic (exact) mass is 178 g/mol. The van der Waals surface area contributed by atoms with E-state index in [1.807, 2.05) is 12.3 Å². The van der Waals surface area contributed by atoms with E-state index in [9.17, 15) is 0 Å². The number of pyridine rings is 1. The second-order valence-corrected chi connectivity index (χ2v) is 3.49. The number of nitrogens with one attached hydrogen (secondary N) is 1. The molecule has 1 saturated heterocycles. The summed E-state index contributed by atoms with van der Waals surface area (Å²) in [5.41, 5.74) is 1.23. The van der Waals surface area contributed by atoms with Gasteiger partial charge in [0.2, 0.25) is 0 Å². The van der Waals surface area contributed by atoms with Gasteiger partial charge in [0.1, 0.15) is 0 Å². The lowest BCUT2D eigenvalue weighted by atomic mass is 9.91. The van der Waals surface area contributed by atoms with E-state index in [0.29, 0.717) is 11.8 Å². The number of hydrogen-bond acceptors (Lipinski definition) is 3. The molecular weight excluding hydrogens is 164 g/mol. The molecule has 3 heteroatoms. The van der Waals surface area contributed by atoms with Crippen molar-refractivity contribution in [2.45, 2.75) is 5.92 Å². The molecule has 1 aromatic heterocycles. The van der Waals surface area contributed by atoms with E-state index in [0.717, 1.165) is 13.1 Å². The summed E-state index contributed by atoms with van der Waals surface area (Å²) in [6.07, 6.45) is 3.67. The predicted octanol–water partition coefficient (Wildman–Crippen LogP) is 0.377. The molecule has 2 rings (SSSR count). The summed E-state index contributed by atoms with van der Waals surface area (Å²) in [4.78, 5) is 4.09. The van der Waals surface area contributed by atoms with Crippen molar-refractivity contribution >= 4 is 0 Å². The average Bonchev–Trinajstić information content (AvgIpc) is 2.67. The van der Waals surface area contributed by atoms with E-state index in [1.54, 1.807) is 6.20 Å². The van der Waals surface area contributed by atoms with Crippen molar-refractivity contribution in [3.8, 4) is 0 Å². The lowest BCUT2D eigenvalue weighted by Crippen LogP contribution is -2.14. The molecule has 1 aliphatic rings. The van der Waals surface area contributed by atoms with Crippen molar-refractivity contribution in [1.29, 1.82) is 0 Å². The van der Waals surface area contributed by atoms with Crippen molar-refractivity contribution < 1.29 is 5.11 Å². The van der Waals surface area contributed by atoms with E-state index in [4.69, 9.17) is 5.11 Å². The molecule has 2 N–H and O–H groups in total. The van der Waals surface area contributed by atoms with Crippen LogP contribution >= 0.6 is 0 Å². The Morgan fingerprint density at radius 2 is 2.46 bits per heavy atom. The average molecular weight is 178 g/mol. The molecule has 2 atom stereocenters. The molecule has 1 aliphatic heterocycles. The minimum atomic E-state index is 0.257. The van der Waals surface area contributed by atoms with Gasteiger partial charge in [-0.3, -0.25) is 4.98 Å². The Kier molecular flexibility index (Phi) is 2.57. The number of aliphatic hydroxyl groups excluding tert-OH is 1. The summed E-state index contributed by atoms with van der Waals surface area (Å²) >= 11 is 0. The summed E-state index contributed by atoms with van der Waals surface area (Å²) < 4.78 is 0. The van der Waals surface area contributed by atoms with Crippen molar-refractivity contribution in [3.63, 3.8) is 0 Å². The smallest absolute Gasteiger partial charge is 0.0477 e. The summed E-state index contributed by atoms with van der Waals surface area (Å²) in [5.74, 6) is 0.780. The molecule has 1 fully saturated rings. The molecule has 0 saturated carbocycles. The quantitative estimate of drug-likeness (QED) is 0.688. The maximum atomic E-state index is 9.14. The first-order valence-corrected chi connectivity index (χ1v) is 4.63. The summed E-state index contributed by atoms with van der Waals surface area (Å²) in [5, 5.41) is 12.4. The van der Waals surface area contributed by atoms with Crippen LogP contribution in [0, 0.1) is 5.92 Å². The molecule has 0 spiro atoms. The Balaban J connectivity index is 2.16. The third-order valence-corrected chi connectivity index (χ3v) is 2.69. The van der Waals surface area contributed by atoms with Gasteiger partial charge in [0.15, 0.2) is 0 Å². The van der Waals surface area contributed by atoms with Gasteiger partial charge in [0.05, 0.1) is 0 Å². The van der Waals surface area contributed by atoms with Crippen molar-refractivity contribution in [1.82, 2.24) is 10.3 Å². The van der Waals surface area contributed by atoms with Crippen LogP contribution < -0.4 is 5.32 Å². The minimum absolute atomic E-state index is 0.257. The van der Waals surface area contributed by atoms with Gasteiger partial charge >= 0.3 is 0 Å². The summed E-state index contributed by atoms with van der Waals surface area (Å²) in [7, 11) is 0. The lowest BCUT2D eigenvalue weighted by Gasteiger charge is -2.15. The van der Waals surface area contributed by atoms with E-state index in [1.165, 1.54) is 5.56 Å². The zero-order chi connectivity index (χ0) is 9.10. The Hall–Kier alpha value is -0.930. The fourth-order valence-electron chi connectivity index (χ4n) is 1.91. The van der Waals surface area contributed by atoms with Crippen LogP contribution in [0.25, 0.3) is 0 Å². The van der Waals surface area contributed by atoms with Gasteiger partial charge in [-0.2, -0.15) is 0 Å². The van der Waals surface area contributed by atoms with Gasteiger partial charge in [-0.1, -0.05) is 6.07 Å². The molecule has 3 nitrogen and oxygen atoms in total. The van der Waals surface area contributed by atoms with Crippen LogP contribution in [0.2, 0.25) is 0 Å². The van der Waals surface area contributed by atoms with E-state index >= 15 is 0 Å². The second-order valence-electron chi connectivity index (χ2n) is 3.49. The molecule has 70 valence electrons. The van der Waals surface area contributed by atoms with Crippen LogP contribution in [-0.4, -0.2) is 29.8 Å². The first-order chi connectivity index (χ1) is 6.42. The van der Waals surface area contributed by atoms with Gasteiger partial charge in [-0.15, -0.1) is 0 Å². The number of hydrogen-bond donors (Lipinski definition) is 2. The highest BCUT2D eigenvalue weighted by Crippen LogP contribution is 2.26. The highest BCUT2D eigenvalue weighted by molar-refractivity contribution is 5.18. The molecule has 0 bridgehead atoms. The fraction of sp³-hybridized carbons (Fsp3) is 0.500. The molecule has 2 heterocycles. The highest BCUT2D eigenvalue weighted by Gasteiger charge is 2.27. The van der Waals surface area contributed by atoms with Crippen molar-refractivity contribution in [2.75, 3.05) is 19.7 Å². The minimum Gasteiger partial charge on any atom is -0.396 e. The zero-order valence-electron chi connectivity index (χ0n) is 7.48. The maximum absolute atomic E-state index is 9.14. The van der Waals surface area contributed by atoms with Gasteiger partial charge in [-0.25, -0.2) is 0 Å². The summed E-state index contributed by atoms with van der Waals surface area (Å²) in [6, 6.07) is 4.02. The number of aliphatic hydroxyl groups is 1. The SMILES string of the molecule is OC[C@H]1CNC[C@H]1c1cccnc1. The lowest BCUT2D eigenvalue weighted by molar-refractivity contribution is 0.226. The van der Waals surface area contributed by atoms with E-state index < -0.39 is 0 Å².